The van der Waals surface area contributed by atoms with Crippen molar-refractivity contribution in [2.75, 3.05) is 11.9 Å². The SMILES string of the molecule is CCOc1ccc(C(=O)Nc2ccc(Cl)cc2)cc1COc1ccc(C)cc1. The van der Waals surface area contributed by atoms with Gasteiger partial charge in [0.25, 0.3) is 5.91 Å². The Labute approximate surface area is 170 Å². The smallest absolute Gasteiger partial charge is 0.255 e. The van der Waals surface area contributed by atoms with Crippen LogP contribution in [0, 0.1) is 6.92 Å². The zero-order valence-corrected chi connectivity index (χ0v) is 16.6. The quantitative estimate of drug-likeness (QED) is 0.543. The lowest BCUT2D eigenvalue weighted by atomic mass is 10.1. The molecule has 1 amide bonds. The zero-order valence-electron chi connectivity index (χ0n) is 15.9. The molecule has 0 bridgehead atoms. The lowest BCUT2D eigenvalue weighted by Gasteiger charge is -2.14. The molecular weight excluding hydrogens is 374 g/mol. The molecule has 0 saturated heterocycles. The van der Waals surface area contributed by atoms with Crippen LogP contribution in [-0.2, 0) is 6.61 Å². The first-order chi connectivity index (χ1) is 13.5. The molecule has 0 heterocycles. The van der Waals surface area contributed by atoms with Crippen LogP contribution >= 0.6 is 11.6 Å². The summed E-state index contributed by atoms with van der Waals surface area (Å²) < 4.78 is 11.6. The van der Waals surface area contributed by atoms with Gasteiger partial charge in [-0.2, -0.15) is 0 Å². The van der Waals surface area contributed by atoms with E-state index in [1.54, 1.807) is 42.5 Å². The number of nitrogens with one attached hydrogen (secondary N) is 1. The van der Waals surface area contributed by atoms with Gasteiger partial charge in [0.1, 0.15) is 18.1 Å². The minimum Gasteiger partial charge on any atom is -0.493 e. The van der Waals surface area contributed by atoms with Crippen molar-refractivity contribution < 1.29 is 14.3 Å². The van der Waals surface area contributed by atoms with E-state index in [2.05, 4.69) is 5.32 Å². The van der Waals surface area contributed by atoms with Crippen LogP contribution in [0.5, 0.6) is 11.5 Å². The van der Waals surface area contributed by atoms with E-state index < -0.39 is 0 Å². The van der Waals surface area contributed by atoms with E-state index in [9.17, 15) is 4.79 Å². The van der Waals surface area contributed by atoms with Gasteiger partial charge in [-0.25, -0.2) is 0 Å². The second-order valence-electron chi connectivity index (χ2n) is 6.32. The molecule has 4 nitrogen and oxygen atoms in total. The first kappa shape index (κ1) is 19.8. The number of anilines is 1. The molecule has 3 aromatic carbocycles. The molecule has 144 valence electrons. The summed E-state index contributed by atoms with van der Waals surface area (Å²) in [4.78, 5) is 12.6. The number of carbonyl (C=O) groups is 1. The number of carbonyl (C=O) groups excluding carboxylic acids is 1. The number of halogens is 1. The Morgan fingerprint density at radius 2 is 1.68 bits per heavy atom. The summed E-state index contributed by atoms with van der Waals surface area (Å²) in [6, 6.07) is 20.2. The predicted molar refractivity (Wildman–Crippen MR) is 113 cm³/mol. The Bertz CT molecular complexity index is 937. The van der Waals surface area contributed by atoms with Crippen LogP contribution in [0.3, 0.4) is 0 Å². The van der Waals surface area contributed by atoms with Gasteiger partial charge in [-0.15, -0.1) is 0 Å². The van der Waals surface area contributed by atoms with Crippen LogP contribution in [0.4, 0.5) is 5.69 Å². The number of rotatable bonds is 7. The molecule has 5 heteroatoms. The van der Waals surface area contributed by atoms with Crippen molar-refractivity contribution in [3.63, 3.8) is 0 Å². The monoisotopic (exact) mass is 395 g/mol. The van der Waals surface area contributed by atoms with Crippen molar-refractivity contribution in [3.8, 4) is 11.5 Å². The van der Waals surface area contributed by atoms with E-state index in [4.69, 9.17) is 21.1 Å². The predicted octanol–water partition coefficient (Wildman–Crippen LogP) is 5.88. The molecule has 0 spiro atoms. The van der Waals surface area contributed by atoms with Crippen molar-refractivity contribution in [1.29, 1.82) is 0 Å². The number of benzene rings is 3. The number of ether oxygens (including phenoxy) is 2. The van der Waals surface area contributed by atoms with Crippen molar-refractivity contribution in [1.82, 2.24) is 0 Å². The summed E-state index contributed by atoms with van der Waals surface area (Å²) in [7, 11) is 0. The Hall–Kier alpha value is -2.98. The molecule has 3 aromatic rings. The maximum absolute atomic E-state index is 12.6. The molecule has 28 heavy (non-hydrogen) atoms. The van der Waals surface area contributed by atoms with Crippen molar-refractivity contribution >= 4 is 23.2 Å². The second kappa shape index (κ2) is 9.29. The Balaban J connectivity index is 1.76. The van der Waals surface area contributed by atoms with E-state index >= 15 is 0 Å². The number of hydrogen-bond acceptors (Lipinski definition) is 3. The van der Waals surface area contributed by atoms with E-state index in [1.807, 2.05) is 38.1 Å². The molecule has 0 unspecified atom stereocenters. The molecule has 0 fully saturated rings. The van der Waals surface area contributed by atoms with Crippen LogP contribution in [0.25, 0.3) is 0 Å². The van der Waals surface area contributed by atoms with E-state index in [-0.39, 0.29) is 5.91 Å². The lowest BCUT2D eigenvalue weighted by Crippen LogP contribution is -2.13. The molecule has 3 rings (SSSR count). The zero-order chi connectivity index (χ0) is 19.9. The van der Waals surface area contributed by atoms with Gasteiger partial charge < -0.3 is 14.8 Å². The van der Waals surface area contributed by atoms with Crippen molar-refractivity contribution in [3.05, 3.63) is 88.4 Å². The first-order valence-corrected chi connectivity index (χ1v) is 9.45. The van der Waals surface area contributed by atoms with E-state index in [0.29, 0.717) is 35.2 Å². The van der Waals surface area contributed by atoms with Gasteiger partial charge in [-0.05, 0) is 68.4 Å². The summed E-state index contributed by atoms with van der Waals surface area (Å²) in [6.45, 7) is 4.79. The fourth-order valence-electron chi connectivity index (χ4n) is 2.66. The fraction of sp³-hybridized carbons (Fsp3) is 0.174. The van der Waals surface area contributed by atoms with E-state index in [0.717, 1.165) is 11.3 Å². The van der Waals surface area contributed by atoms with Gasteiger partial charge in [0.2, 0.25) is 0 Å². The fourth-order valence-corrected chi connectivity index (χ4v) is 2.79. The maximum atomic E-state index is 12.6. The van der Waals surface area contributed by atoms with E-state index in [1.165, 1.54) is 5.56 Å². The molecule has 0 aliphatic carbocycles. The van der Waals surface area contributed by atoms with Crippen molar-refractivity contribution in [2.45, 2.75) is 20.5 Å². The molecule has 0 aromatic heterocycles. The second-order valence-corrected chi connectivity index (χ2v) is 6.75. The lowest BCUT2D eigenvalue weighted by molar-refractivity contribution is 0.102. The maximum Gasteiger partial charge on any atom is 0.255 e. The summed E-state index contributed by atoms with van der Waals surface area (Å²) in [5.74, 6) is 1.27. The van der Waals surface area contributed by atoms with Crippen LogP contribution < -0.4 is 14.8 Å². The number of hydrogen-bond donors (Lipinski definition) is 1. The van der Waals surface area contributed by atoms with Gasteiger partial charge in [0.15, 0.2) is 0 Å². The standard InChI is InChI=1S/C23H22ClNO3/c1-3-27-22-13-6-17(23(26)25-20-9-7-19(24)8-10-20)14-18(22)15-28-21-11-4-16(2)5-12-21/h4-14H,3,15H2,1-2H3,(H,25,26). The highest BCUT2D eigenvalue weighted by molar-refractivity contribution is 6.30. The third-order valence-corrected chi connectivity index (χ3v) is 4.39. The highest BCUT2D eigenvalue weighted by atomic mass is 35.5. The normalized spacial score (nSPS) is 10.4. The highest BCUT2D eigenvalue weighted by Gasteiger charge is 2.12. The summed E-state index contributed by atoms with van der Waals surface area (Å²) in [6.07, 6.45) is 0. The molecule has 0 radical (unpaired) electrons. The van der Waals surface area contributed by atoms with Crippen LogP contribution in [0.1, 0.15) is 28.4 Å². The van der Waals surface area contributed by atoms with Crippen molar-refractivity contribution in [2.24, 2.45) is 0 Å². The van der Waals surface area contributed by atoms with Crippen LogP contribution in [0.2, 0.25) is 5.02 Å². The molecule has 0 saturated carbocycles. The van der Waals surface area contributed by atoms with Gasteiger partial charge in [-0.3, -0.25) is 4.79 Å². The number of aryl methyl sites for hydroxylation is 1. The Morgan fingerprint density at radius 3 is 2.36 bits per heavy atom. The van der Waals surface area contributed by atoms with Gasteiger partial charge in [0.05, 0.1) is 6.61 Å². The Morgan fingerprint density at radius 1 is 0.964 bits per heavy atom. The summed E-state index contributed by atoms with van der Waals surface area (Å²) in [5, 5.41) is 3.48. The first-order valence-electron chi connectivity index (χ1n) is 9.07. The van der Waals surface area contributed by atoms with Crippen LogP contribution in [-0.4, -0.2) is 12.5 Å². The molecule has 0 aliphatic heterocycles. The minimum absolute atomic E-state index is 0.207. The molecule has 1 N–H and O–H groups in total. The van der Waals surface area contributed by atoms with Gasteiger partial charge >= 0.3 is 0 Å². The third kappa shape index (κ3) is 5.27. The summed E-state index contributed by atoms with van der Waals surface area (Å²) >= 11 is 5.89. The van der Waals surface area contributed by atoms with Crippen LogP contribution in [0.15, 0.2) is 66.7 Å². The summed E-state index contributed by atoms with van der Waals surface area (Å²) in [5.41, 5.74) is 3.19. The average Bonchev–Trinajstić information content (AvgIpc) is 2.70. The topological polar surface area (TPSA) is 47.6 Å². The number of amides is 1. The average molecular weight is 396 g/mol. The Kier molecular flexibility index (Phi) is 6.56. The molecule has 0 aliphatic rings. The van der Waals surface area contributed by atoms with Gasteiger partial charge in [0, 0.05) is 21.8 Å². The molecular formula is C23H22ClNO3. The largest absolute Gasteiger partial charge is 0.493 e. The third-order valence-electron chi connectivity index (χ3n) is 4.14. The highest BCUT2D eigenvalue weighted by Crippen LogP contribution is 2.24. The minimum atomic E-state index is -0.207. The molecule has 0 atom stereocenters. The van der Waals surface area contributed by atoms with Gasteiger partial charge in [-0.1, -0.05) is 29.3 Å².